The molecule has 1 saturated heterocycles. The predicted octanol–water partition coefficient (Wildman–Crippen LogP) is 3.29. The molecule has 12 heteroatoms. The molecule has 32 heavy (non-hydrogen) atoms. The highest BCUT2D eigenvalue weighted by Gasteiger charge is 2.36. The number of nitrogens with zero attached hydrogens (tertiary/aromatic N) is 6. The van der Waals surface area contributed by atoms with Crippen molar-refractivity contribution in [3.63, 3.8) is 0 Å². The van der Waals surface area contributed by atoms with Crippen LogP contribution in [0, 0.1) is 5.82 Å². The minimum absolute atomic E-state index is 0.0636. The summed E-state index contributed by atoms with van der Waals surface area (Å²) in [4.78, 5) is 22.9. The lowest BCUT2D eigenvalue weighted by Crippen LogP contribution is -2.51. The van der Waals surface area contributed by atoms with E-state index in [0.29, 0.717) is 25.6 Å². The number of hydrogen-bond donors (Lipinski definition) is 0. The van der Waals surface area contributed by atoms with Crippen molar-refractivity contribution in [1.29, 1.82) is 0 Å². The topological polar surface area (TPSA) is 86.0 Å². The van der Waals surface area contributed by atoms with Crippen LogP contribution in [0.5, 0.6) is 5.88 Å². The summed E-state index contributed by atoms with van der Waals surface area (Å²) < 4.78 is 58.3. The summed E-state index contributed by atoms with van der Waals surface area (Å²) >= 11 is 0. The number of rotatable bonds is 4. The van der Waals surface area contributed by atoms with Gasteiger partial charge in [-0.25, -0.2) is 14.4 Å². The number of alkyl halides is 3. The van der Waals surface area contributed by atoms with Gasteiger partial charge < -0.3 is 9.64 Å². The molecule has 0 N–H and O–H groups in total. The standard InChI is InChI=1S/C20H18F4N6O2/c1-12-15(32-17-11-25-16(10-26-17)20(22,23)24)6-3-9-29(12)19(31)13-4-2-5-14(21)18(13)30-27-7-8-28-30/h2,4-5,7-8,10-12,15H,3,6,9H2,1H3. The zero-order chi connectivity index (χ0) is 22.9. The average molecular weight is 450 g/mol. The summed E-state index contributed by atoms with van der Waals surface area (Å²) in [5.74, 6) is -1.16. The number of carbonyl (C=O) groups excluding carboxylic acids is 1. The maximum atomic E-state index is 14.5. The Labute approximate surface area is 179 Å². The molecule has 1 amide bonds. The maximum Gasteiger partial charge on any atom is 0.434 e. The lowest BCUT2D eigenvalue weighted by molar-refractivity contribution is -0.141. The van der Waals surface area contributed by atoms with Crippen molar-refractivity contribution in [3.8, 4) is 11.6 Å². The molecule has 0 spiro atoms. The maximum absolute atomic E-state index is 14.5. The third kappa shape index (κ3) is 4.25. The van der Waals surface area contributed by atoms with E-state index >= 15 is 0 Å². The molecule has 3 heterocycles. The minimum Gasteiger partial charge on any atom is -0.471 e. The number of halogens is 4. The largest absolute Gasteiger partial charge is 0.471 e. The van der Waals surface area contributed by atoms with E-state index in [1.807, 2.05) is 0 Å². The van der Waals surface area contributed by atoms with Gasteiger partial charge in [0, 0.05) is 6.54 Å². The fraction of sp³-hybridized carbons (Fsp3) is 0.350. The second-order valence-corrected chi connectivity index (χ2v) is 7.23. The highest BCUT2D eigenvalue weighted by atomic mass is 19.4. The van der Waals surface area contributed by atoms with E-state index in [4.69, 9.17) is 4.74 Å². The highest BCUT2D eigenvalue weighted by Crippen LogP contribution is 2.29. The Morgan fingerprint density at radius 2 is 1.91 bits per heavy atom. The van der Waals surface area contributed by atoms with Crippen LogP contribution in [0.3, 0.4) is 0 Å². The van der Waals surface area contributed by atoms with Gasteiger partial charge in [-0.15, -0.1) is 4.80 Å². The van der Waals surface area contributed by atoms with Gasteiger partial charge in [-0.2, -0.15) is 23.4 Å². The number of piperidine rings is 1. The van der Waals surface area contributed by atoms with E-state index in [1.165, 1.54) is 35.5 Å². The van der Waals surface area contributed by atoms with E-state index in [0.717, 1.165) is 11.0 Å². The molecule has 0 bridgehead atoms. The van der Waals surface area contributed by atoms with E-state index in [-0.39, 0.29) is 17.1 Å². The van der Waals surface area contributed by atoms with E-state index in [2.05, 4.69) is 20.2 Å². The average Bonchev–Trinajstić information content (AvgIpc) is 3.29. The molecule has 1 aromatic carbocycles. The number of likely N-dealkylation sites (tertiary alicyclic amines) is 1. The van der Waals surface area contributed by atoms with Gasteiger partial charge in [-0.05, 0) is 31.9 Å². The molecular weight excluding hydrogens is 432 g/mol. The zero-order valence-electron chi connectivity index (χ0n) is 16.8. The fourth-order valence-electron chi connectivity index (χ4n) is 3.61. The van der Waals surface area contributed by atoms with Crippen LogP contribution >= 0.6 is 0 Å². The Morgan fingerprint density at radius 3 is 2.56 bits per heavy atom. The van der Waals surface area contributed by atoms with Crippen molar-refractivity contribution in [2.45, 2.75) is 38.1 Å². The van der Waals surface area contributed by atoms with Crippen LogP contribution in [0.1, 0.15) is 35.8 Å². The summed E-state index contributed by atoms with van der Waals surface area (Å²) in [6.45, 7) is 2.16. The molecule has 2 unspecified atom stereocenters. The number of hydrogen-bond acceptors (Lipinski definition) is 6. The number of ether oxygens (including phenoxy) is 1. The highest BCUT2D eigenvalue weighted by molar-refractivity contribution is 5.98. The Bertz CT molecular complexity index is 1090. The monoisotopic (exact) mass is 450 g/mol. The van der Waals surface area contributed by atoms with Crippen molar-refractivity contribution in [2.75, 3.05) is 6.54 Å². The summed E-state index contributed by atoms with van der Waals surface area (Å²) in [7, 11) is 0. The Morgan fingerprint density at radius 1 is 1.16 bits per heavy atom. The van der Waals surface area contributed by atoms with Gasteiger partial charge in [-0.3, -0.25) is 4.79 Å². The number of carbonyl (C=O) groups is 1. The molecule has 3 aromatic rings. The summed E-state index contributed by atoms with van der Waals surface area (Å²) in [6, 6.07) is 3.67. The first kappa shape index (κ1) is 21.7. The van der Waals surface area contributed by atoms with Crippen molar-refractivity contribution >= 4 is 5.91 Å². The number of amides is 1. The predicted molar refractivity (Wildman–Crippen MR) is 102 cm³/mol. The number of aromatic nitrogens is 5. The smallest absolute Gasteiger partial charge is 0.434 e. The van der Waals surface area contributed by atoms with Gasteiger partial charge >= 0.3 is 6.18 Å². The van der Waals surface area contributed by atoms with Crippen LogP contribution < -0.4 is 4.74 Å². The van der Waals surface area contributed by atoms with Gasteiger partial charge in [0.05, 0.1) is 36.4 Å². The summed E-state index contributed by atoms with van der Waals surface area (Å²) in [6.07, 6.45) is 0.270. The third-order valence-electron chi connectivity index (χ3n) is 5.20. The molecule has 168 valence electrons. The lowest BCUT2D eigenvalue weighted by atomic mass is 9.98. The molecule has 1 aliphatic rings. The van der Waals surface area contributed by atoms with Gasteiger partial charge in [0.2, 0.25) is 5.88 Å². The molecule has 0 radical (unpaired) electrons. The van der Waals surface area contributed by atoms with E-state index in [1.54, 1.807) is 6.92 Å². The van der Waals surface area contributed by atoms with Gasteiger partial charge in [0.1, 0.15) is 11.8 Å². The molecular formula is C20H18F4N6O2. The first-order valence-corrected chi connectivity index (χ1v) is 9.78. The first-order chi connectivity index (χ1) is 15.3. The summed E-state index contributed by atoms with van der Waals surface area (Å²) in [5.41, 5.74) is -1.10. The number of benzene rings is 1. The van der Waals surface area contributed by atoms with Crippen molar-refractivity contribution in [2.24, 2.45) is 0 Å². The Balaban J connectivity index is 1.55. The van der Waals surface area contributed by atoms with Crippen molar-refractivity contribution in [3.05, 3.63) is 60.1 Å². The van der Waals surface area contributed by atoms with Crippen molar-refractivity contribution in [1.82, 2.24) is 29.9 Å². The molecule has 2 aromatic heterocycles. The van der Waals surface area contributed by atoms with Crippen LogP contribution in [-0.4, -0.2) is 54.5 Å². The zero-order valence-corrected chi connectivity index (χ0v) is 16.8. The normalized spacial score (nSPS) is 19.1. The Kier molecular flexibility index (Phi) is 5.76. The second-order valence-electron chi connectivity index (χ2n) is 7.23. The third-order valence-corrected chi connectivity index (χ3v) is 5.20. The molecule has 2 atom stereocenters. The molecule has 0 saturated carbocycles. The van der Waals surface area contributed by atoms with E-state index in [9.17, 15) is 22.4 Å². The van der Waals surface area contributed by atoms with Gasteiger partial charge in [-0.1, -0.05) is 6.07 Å². The number of para-hydroxylation sites is 1. The van der Waals surface area contributed by atoms with Crippen LogP contribution in [-0.2, 0) is 6.18 Å². The van der Waals surface area contributed by atoms with Crippen LogP contribution in [0.4, 0.5) is 17.6 Å². The van der Waals surface area contributed by atoms with Gasteiger partial charge in [0.25, 0.3) is 5.91 Å². The molecule has 4 rings (SSSR count). The van der Waals surface area contributed by atoms with E-state index < -0.39 is 35.7 Å². The Hall–Kier alpha value is -3.57. The van der Waals surface area contributed by atoms with Crippen LogP contribution in [0.25, 0.3) is 5.69 Å². The first-order valence-electron chi connectivity index (χ1n) is 9.78. The van der Waals surface area contributed by atoms with Crippen LogP contribution in [0.2, 0.25) is 0 Å². The molecule has 0 aliphatic carbocycles. The second kappa shape index (κ2) is 8.52. The molecule has 8 nitrogen and oxygen atoms in total. The van der Waals surface area contributed by atoms with Crippen molar-refractivity contribution < 1.29 is 27.1 Å². The fourth-order valence-corrected chi connectivity index (χ4v) is 3.61. The molecule has 1 fully saturated rings. The lowest BCUT2D eigenvalue weighted by Gasteiger charge is -2.39. The minimum atomic E-state index is -4.60. The summed E-state index contributed by atoms with van der Waals surface area (Å²) in [5, 5.41) is 7.85. The van der Waals surface area contributed by atoms with Gasteiger partial charge in [0.15, 0.2) is 11.5 Å². The van der Waals surface area contributed by atoms with Crippen LogP contribution in [0.15, 0.2) is 43.0 Å². The molecule has 1 aliphatic heterocycles. The SMILES string of the molecule is CC1C(Oc2cnc(C(F)(F)F)cn2)CCCN1C(=O)c1cccc(F)c1-n1nccn1. The quantitative estimate of drug-likeness (QED) is 0.567.